The maximum absolute atomic E-state index is 13.8. The highest BCUT2D eigenvalue weighted by molar-refractivity contribution is 5.60. The van der Waals surface area contributed by atoms with Crippen LogP contribution in [-0.2, 0) is 0 Å². The SMILES string of the molecule is Cc1cc2n[nH]c(=O)n2c(-c2ccccc2F)n1. The van der Waals surface area contributed by atoms with Gasteiger partial charge in [0.1, 0.15) is 5.82 Å². The summed E-state index contributed by atoms with van der Waals surface area (Å²) in [5, 5.41) is 6.19. The molecule has 0 aliphatic heterocycles. The number of benzene rings is 1. The van der Waals surface area contributed by atoms with Crippen LogP contribution in [0.5, 0.6) is 0 Å². The van der Waals surface area contributed by atoms with Crippen molar-refractivity contribution in [3.63, 3.8) is 0 Å². The summed E-state index contributed by atoms with van der Waals surface area (Å²) < 4.78 is 15.0. The number of H-pyrrole nitrogens is 1. The Morgan fingerprint density at radius 1 is 1.33 bits per heavy atom. The second-order valence-electron chi connectivity index (χ2n) is 3.92. The van der Waals surface area contributed by atoms with E-state index in [4.69, 9.17) is 0 Å². The minimum absolute atomic E-state index is 0.252. The lowest BCUT2D eigenvalue weighted by molar-refractivity contribution is 0.629. The van der Waals surface area contributed by atoms with E-state index in [-0.39, 0.29) is 11.4 Å². The standard InChI is InChI=1S/C12H9FN4O/c1-7-6-10-15-16-12(18)17(10)11(14-7)8-4-2-3-5-9(8)13/h2-6H,1H3,(H,16,18). The number of aromatic nitrogens is 4. The molecule has 0 aliphatic carbocycles. The van der Waals surface area contributed by atoms with E-state index < -0.39 is 11.5 Å². The van der Waals surface area contributed by atoms with Crippen LogP contribution in [0.2, 0.25) is 0 Å². The van der Waals surface area contributed by atoms with E-state index in [1.165, 1.54) is 10.5 Å². The highest BCUT2D eigenvalue weighted by Gasteiger charge is 2.13. The van der Waals surface area contributed by atoms with Gasteiger partial charge in [-0.3, -0.25) is 0 Å². The summed E-state index contributed by atoms with van der Waals surface area (Å²) in [6, 6.07) is 7.85. The molecule has 0 fully saturated rings. The molecular weight excluding hydrogens is 235 g/mol. The monoisotopic (exact) mass is 244 g/mol. The molecular formula is C12H9FN4O. The maximum atomic E-state index is 13.8. The van der Waals surface area contributed by atoms with Gasteiger partial charge in [-0.2, -0.15) is 5.10 Å². The molecule has 0 spiro atoms. The third-order valence-corrected chi connectivity index (χ3v) is 2.65. The molecule has 2 aromatic heterocycles. The molecule has 1 N–H and O–H groups in total. The summed E-state index contributed by atoms with van der Waals surface area (Å²) in [7, 11) is 0. The Labute approximate surface area is 101 Å². The Kier molecular flexibility index (Phi) is 2.22. The summed E-state index contributed by atoms with van der Waals surface area (Å²) in [5.74, 6) is -0.174. The number of aromatic amines is 1. The molecule has 3 rings (SSSR count). The number of hydrogen-bond donors (Lipinski definition) is 1. The molecule has 2 heterocycles. The van der Waals surface area contributed by atoms with Crippen LogP contribution < -0.4 is 5.69 Å². The predicted octanol–water partition coefficient (Wildman–Crippen LogP) is 1.53. The molecule has 6 heteroatoms. The van der Waals surface area contributed by atoms with Crippen molar-refractivity contribution in [2.45, 2.75) is 6.92 Å². The molecule has 0 saturated carbocycles. The quantitative estimate of drug-likeness (QED) is 0.706. The number of hydrogen-bond acceptors (Lipinski definition) is 3. The van der Waals surface area contributed by atoms with Crippen LogP contribution in [0, 0.1) is 12.7 Å². The topological polar surface area (TPSA) is 63.0 Å². The van der Waals surface area contributed by atoms with Crippen molar-refractivity contribution in [2.24, 2.45) is 0 Å². The zero-order chi connectivity index (χ0) is 12.7. The van der Waals surface area contributed by atoms with Gasteiger partial charge in [0.2, 0.25) is 0 Å². The summed E-state index contributed by atoms with van der Waals surface area (Å²) >= 11 is 0. The van der Waals surface area contributed by atoms with Crippen molar-refractivity contribution in [1.82, 2.24) is 19.6 Å². The number of nitrogens with one attached hydrogen (secondary N) is 1. The summed E-state index contributed by atoms with van der Waals surface area (Å²) in [4.78, 5) is 15.9. The number of aryl methyl sites for hydroxylation is 1. The Morgan fingerprint density at radius 2 is 2.11 bits per heavy atom. The third kappa shape index (κ3) is 1.50. The highest BCUT2D eigenvalue weighted by atomic mass is 19.1. The van der Waals surface area contributed by atoms with Gasteiger partial charge in [0, 0.05) is 11.8 Å². The lowest BCUT2D eigenvalue weighted by Gasteiger charge is -2.05. The average Bonchev–Trinajstić information content (AvgIpc) is 2.71. The largest absolute Gasteiger partial charge is 0.349 e. The van der Waals surface area contributed by atoms with Gasteiger partial charge in [0.05, 0.1) is 5.56 Å². The number of rotatable bonds is 1. The molecule has 0 unspecified atom stereocenters. The second-order valence-corrected chi connectivity index (χ2v) is 3.92. The highest BCUT2D eigenvalue weighted by Crippen LogP contribution is 2.20. The molecule has 0 saturated heterocycles. The number of halogens is 1. The summed E-state index contributed by atoms with van der Waals surface area (Å²) in [5.41, 5.74) is 0.927. The molecule has 18 heavy (non-hydrogen) atoms. The maximum Gasteiger partial charge on any atom is 0.349 e. The minimum Gasteiger partial charge on any atom is -0.246 e. The van der Waals surface area contributed by atoms with E-state index in [1.807, 2.05) is 0 Å². The predicted molar refractivity (Wildman–Crippen MR) is 63.7 cm³/mol. The first kappa shape index (κ1) is 10.6. The van der Waals surface area contributed by atoms with Gasteiger partial charge in [-0.25, -0.2) is 23.7 Å². The van der Waals surface area contributed by atoms with Crippen molar-refractivity contribution >= 4 is 5.65 Å². The molecule has 0 bridgehead atoms. The Hall–Kier alpha value is -2.50. The van der Waals surface area contributed by atoms with Crippen LogP contribution in [0.4, 0.5) is 4.39 Å². The van der Waals surface area contributed by atoms with Crippen LogP contribution in [0.25, 0.3) is 17.0 Å². The van der Waals surface area contributed by atoms with Crippen molar-refractivity contribution in [3.05, 3.63) is 52.3 Å². The fourth-order valence-corrected chi connectivity index (χ4v) is 1.87. The number of fused-ring (bicyclic) bond motifs is 1. The molecule has 3 aromatic rings. The zero-order valence-corrected chi connectivity index (χ0v) is 9.51. The van der Waals surface area contributed by atoms with E-state index in [2.05, 4.69) is 15.2 Å². The Morgan fingerprint density at radius 3 is 2.89 bits per heavy atom. The van der Waals surface area contributed by atoms with E-state index in [1.54, 1.807) is 31.2 Å². The fourth-order valence-electron chi connectivity index (χ4n) is 1.87. The Balaban J connectivity index is 2.45. The van der Waals surface area contributed by atoms with Crippen LogP contribution >= 0.6 is 0 Å². The lowest BCUT2D eigenvalue weighted by atomic mass is 10.2. The molecule has 90 valence electrons. The molecule has 0 atom stereocenters. The van der Waals surface area contributed by atoms with E-state index in [0.717, 1.165) is 0 Å². The van der Waals surface area contributed by atoms with Crippen LogP contribution in [0.3, 0.4) is 0 Å². The number of nitrogens with zero attached hydrogens (tertiary/aromatic N) is 3. The van der Waals surface area contributed by atoms with Crippen molar-refractivity contribution in [2.75, 3.05) is 0 Å². The summed E-state index contributed by atoms with van der Waals surface area (Å²) in [6.07, 6.45) is 0. The van der Waals surface area contributed by atoms with Gasteiger partial charge >= 0.3 is 5.69 Å². The molecule has 0 aliphatic rings. The average molecular weight is 244 g/mol. The van der Waals surface area contributed by atoms with Gasteiger partial charge in [0.25, 0.3) is 0 Å². The normalized spacial score (nSPS) is 11.0. The van der Waals surface area contributed by atoms with Gasteiger partial charge in [-0.15, -0.1) is 0 Å². The minimum atomic E-state index is -0.434. The van der Waals surface area contributed by atoms with E-state index in [9.17, 15) is 9.18 Å². The zero-order valence-electron chi connectivity index (χ0n) is 9.51. The molecule has 5 nitrogen and oxygen atoms in total. The van der Waals surface area contributed by atoms with Crippen molar-refractivity contribution < 1.29 is 4.39 Å². The smallest absolute Gasteiger partial charge is 0.246 e. The van der Waals surface area contributed by atoms with E-state index >= 15 is 0 Å². The van der Waals surface area contributed by atoms with E-state index in [0.29, 0.717) is 11.3 Å². The van der Waals surface area contributed by atoms with Crippen LogP contribution in [-0.4, -0.2) is 19.6 Å². The van der Waals surface area contributed by atoms with Crippen molar-refractivity contribution in [1.29, 1.82) is 0 Å². The van der Waals surface area contributed by atoms with Crippen LogP contribution in [0.1, 0.15) is 5.69 Å². The molecule has 0 radical (unpaired) electrons. The van der Waals surface area contributed by atoms with Gasteiger partial charge in [-0.1, -0.05) is 12.1 Å². The third-order valence-electron chi connectivity index (χ3n) is 2.65. The van der Waals surface area contributed by atoms with Crippen LogP contribution in [0.15, 0.2) is 35.1 Å². The first-order chi connectivity index (χ1) is 8.66. The summed E-state index contributed by atoms with van der Waals surface area (Å²) in [6.45, 7) is 1.77. The van der Waals surface area contributed by atoms with Gasteiger partial charge in [0.15, 0.2) is 11.5 Å². The molecule has 1 aromatic carbocycles. The first-order valence-electron chi connectivity index (χ1n) is 5.36. The first-order valence-corrected chi connectivity index (χ1v) is 5.36. The second kappa shape index (κ2) is 3.76. The van der Waals surface area contributed by atoms with Gasteiger partial charge in [-0.05, 0) is 19.1 Å². The molecule has 0 amide bonds. The lowest BCUT2D eigenvalue weighted by Crippen LogP contribution is -2.13. The Bertz CT molecular complexity index is 790. The van der Waals surface area contributed by atoms with Gasteiger partial charge < -0.3 is 0 Å². The van der Waals surface area contributed by atoms with Crippen molar-refractivity contribution in [3.8, 4) is 11.4 Å². The fraction of sp³-hybridized carbons (Fsp3) is 0.0833.